The first-order valence-corrected chi connectivity index (χ1v) is 9.11. The molecule has 2 rings (SSSR count). The minimum Gasteiger partial charge on any atom is -0.468 e. The highest BCUT2D eigenvalue weighted by Crippen LogP contribution is 2.17. The van der Waals surface area contributed by atoms with Gasteiger partial charge in [-0.25, -0.2) is 8.42 Å². The normalized spacial score (nSPS) is 21.7. The molecule has 0 saturated carbocycles. The number of likely N-dealkylation sites (N-methyl/N-ethyl adjacent to an activating group) is 1. The molecule has 7 nitrogen and oxygen atoms in total. The van der Waals surface area contributed by atoms with Gasteiger partial charge < -0.3 is 15.1 Å². The van der Waals surface area contributed by atoms with Gasteiger partial charge in [0, 0.05) is 19.6 Å². The molecule has 1 aliphatic rings. The molecule has 0 amide bonds. The van der Waals surface area contributed by atoms with Gasteiger partial charge in [0.15, 0.2) is 15.8 Å². The van der Waals surface area contributed by atoms with E-state index >= 15 is 0 Å². The summed E-state index contributed by atoms with van der Waals surface area (Å²) in [6, 6.07) is 3.80. The summed E-state index contributed by atoms with van der Waals surface area (Å²) in [6.45, 7) is 0.611. The molecule has 0 aromatic carbocycles. The smallest absolute Gasteiger partial charge is 0.191 e. The lowest BCUT2D eigenvalue weighted by Gasteiger charge is -2.24. The quantitative estimate of drug-likeness (QED) is 0.388. The van der Waals surface area contributed by atoms with Gasteiger partial charge in [-0.1, -0.05) is 0 Å². The van der Waals surface area contributed by atoms with Crippen molar-refractivity contribution in [2.75, 3.05) is 39.2 Å². The van der Waals surface area contributed by atoms with Gasteiger partial charge in [0.25, 0.3) is 0 Å². The second-order valence-electron chi connectivity index (χ2n) is 5.69. The molecule has 2 N–H and O–H groups in total. The summed E-state index contributed by atoms with van der Waals surface area (Å²) in [5.41, 5.74) is 0. The molecular formula is C14H25IN4O3S. The number of hydrogen-bond acceptors (Lipinski definition) is 5. The standard InChI is InChI=1S/C14H24N4O3S.HI/c1-15-14(17-11-6-8-22(19,20)10-11)16-9-12(18(2)3)13-5-4-7-21-13;/h4-5,7,11-12H,6,8-10H2,1-3H3,(H2,15,16,17);1H. The van der Waals surface area contributed by atoms with Crippen LogP contribution in [0.4, 0.5) is 0 Å². The highest BCUT2D eigenvalue weighted by Gasteiger charge is 2.28. The van der Waals surface area contributed by atoms with Crippen molar-refractivity contribution in [3.8, 4) is 0 Å². The van der Waals surface area contributed by atoms with E-state index in [-0.39, 0.29) is 47.6 Å². The van der Waals surface area contributed by atoms with E-state index in [2.05, 4.69) is 20.5 Å². The average Bonchev–Trinajstić information content (AvgIpc) is 3.07. The number of nitrogens with one attached hydrogen (secondary N) is 2. The number of furan rings is 1. The van der Waals surface area contributed by atoms with Crippen molar-refractivity contribution in [3.63, 3.8) is 0 Å². The van der Waals surface area contributed by atoms with Crippen LogP contribution in [-0.4, -0.2) is 64.5 Å². The molecule has 2 heterocycles. The minimum absolute atomic E-state index is 0. The van der Waals surface area contributed by atoms with Crippen molar-refractivity contribution >= 4 is 39.8 Å². The van der Waals surface area contributed by atoms with Gasteiger partial charge in [0.05, 0.1) is 23.8 Å². The SMILES string of the molecule is CN=C(NCC(c1ccco1)N(C)C)NC1CCS(=O)(=O)C1.I. The lowest BCUT2D eigenvalue weighted by atomic mass is 10.2. The molecule has 1 aromatic rings. The highest BCUT2D eigenvalue weighted by molar-refractivity contribution is 14.0. The van der Waals surface area contributed by atoms with Crippen LogP contribution in [0.5, 0.6) is 0 Å². The van der Waals surface area contributed by atoms with Gasteiger partial charge in [-0.05, 0) is 32.6 Å². The highest BCUT2D eigenvalue weighted by atomic mass is 127. The van der Waals surface area contributed by atoms with Crippen molar-refractivity contribution < 1.29 is 12.8 Å². The Bertz CT molecular complexity index is 602. The van der Waals surface area contributed by atoms with Gasteiger partial charge in [0.2, 0.25) is 0 Å². The van der Waals surface area contributed by atoms with E-state index in [0.29, 0.717) is 18.9 Å². The van der Waals surface area contributed by atoms with Crippen LogP contribution in [0.3, 0.4) is 0 Å². The van der Waals surface area contributed by atoms with Gasteiger partial charge in [-0.2, -0.15) is 0 Å². The zero-order valence-electron chi connectivity index (χ0n) is 13.7. The third kappa shape index (κ3) is 5.96. The second kappa shape index (κ2) is 8.88. The average molecular weight is 456 g/mol. The maximum absolute atomic E-state index is 11.5. The molecular weight excluding hydrogens is 431 g/mol. The summed E-state index contributed by atoms with van der Waals surface area (Å²) in [6.07, 6.45) is 2.28. The number of sulfone groups is 1. The molecule has 132 valence electrons. The monoisotopic (exact) mass is 456 g/mol. The summed E-state index contributed by atoms with van der Waals surface area (Å²) in [5.74, 6) is 1.90. The topological polar surface area (TPSA) is 86.9 Å². The van der Waals surface area contributed by atoms with Crippen LogP contribution in [0.25, 0.3) is 0 Å². The second-order valence-corrected chi connectivity index (χ2v) is 7.92. The Kier molecular flexibility index (Phi) is 7.81. The molecule has 0 aliphatic carbocycles. The number of rotatable bonds is 5. The fourth-order valence-electron chi connectivity index (χ4n) is 2.51. The number of halogens is 1. The van der Waals surface area contributed by atoms with E-state index in [1.54, 1.807) is 13.3 Å². The maximum Gasteiger partial charge on any atom is 0.191 e. The fraction of sp³-hybridized carbons (Fsp3) is 0.643. The number of guanidine groups is 1. The summed E-state index contributed by atoms with van der Waals surface area (Å²) in [7, 11) is 2.74. The maximum atomic E-state index is 11.5. The zero-order valence-corrected chi connectivity index (χ0v) is 16.8. The lowest BCUT2D eigenvalue weighted by Crippen LogP contribution is -2.46. The molecule has 0 bridgehead atoms. The van der Waals surface area contributed by atoms with E-state index in [1.807, 2.05) is 26.2 Å². The third-order valence-electron chi connectivity index (χ3n) is 3.75. The van der Waals surface area contributed by atoms with Crippen molar-refractivity contribution in [1.29, 1.82) is 0 Å². The van der Waals surface area contributed by atoms with Crippen LogP contribution in [0.2, 0.25) is 0 Å². The Morgan fingerprint density at radius 3 is 2.74 bits per heavy atom. The van der Waals surface area contributed by atoms with Gasteiger partial charge in [0.1, 0.15) is 5.76 Å². The molecule has 0 spiro atoms. The van der Waals surface area contributed by atoms with Gasteiger partial charge in [-0.3, -0.25) is 9.89 Å². The molecule has 1 saturated heterocycles. The molecule has 23 heavy (non-hydrogen) atoms. The van der Waals surface area contributed by atoms with E-state index in [4.69, 9.17) is 4.42 Å². The van der Waals surface area contributed by atoms with Crippen LogP contribution in [0.1, 0.15) is 18.2 Å². The number of nitrogens with zero attached hydrogens (tertiary/aromatic N) is 2. The van der Waals surface area contributed by atoms with Gasteiger partial charge in [-0.15, -0.1) is 24.0 Å². The van der Waals surface area contributed by atoms with Crippen molar-refractivity contribution in [1.82, 2.24) is 15.5 Å². The van der Waals surface area contributed by atoms with E-state index < -0.39 is 9.84 Å². The lowest BCUT2D eigenvalue weighted by molar-refractivity contribution is 0.258. The first kappa shape index (κ1) is 20.2. The van der Waals surface area contributed by atoms with Crippen LogP contribution in [-0.2, 0) is 9.84 Å². The molecule has 2 unspecified atom stereocenters. The van der Waals surface area contributed by atoms with Crippen LogP contribution in [0, 0.1) is 0 Å². The fourth-order valence-corrected chi connectivity index (χ4v) is 4.18. The predicted molar refractivity (Wildman–Crippen MR) is 102 cm³/mol. The van der Waals surface area contributed by atoms with Crippen molar-refractivity contribution in [2.45, 2.75) is 18.5 Å². The first-order valence-electron chi connectivity index (χ1n) is 7.28. The third-order valence-corrected chi connectivity index (χ3v) is 5.52. The number of hydrogen-bond donors (Lipinski definition) is 2. The Morgan fingerprint density at radius 2 is 2.26 bits per heavy atom. The Morgan fingerprint density at radius 1 is 1.52 bits per heavy atom. The summed E-state index contributed by atoms with van der Waals surface area (Å²) >= 11 is 0. The van der Waals surface area contributed by atoms with E-state index in [9.17, 15) is 8.42 Å². The Balaban J connectivity index is 0.00000264. The number of aliphatic imine (C=N–C) groups is 1. The molecule has 0 radical (unpaired) electrons. The van der Waals surface area contributed by atoms with Gasteiger partial charge >= 0.3 is 0 Å². The largest absolute Gasteiger partial charge is 0.468 e. The summed E-state index contributed by atoms with van der Waals surface area (Å²) in [4.78, 5) is 6.22. The summed E-state index contributed by atoms with van der Waals surface area (Å²) < 4.78 is 28.5. The Hall–Kier alpha value is -0.810. The van der Waals surface area contributed by atoms with E-state index in [1.165, 1.54) is 0 Å². The zero-order chi connectivity index (χ0) is 16.2. The first-order chi connectivity index (χ1) is 10.4. The molecule has 2 atom stereocenters. The molecule has 1 aliphatic heterocycles. The van der Waals surface area contributed by atoms with Crippen LogP contribution in [0.15, 0.2) is 27.8 Å². The van der Waals surface area contributed by atoms with Crippen molar-refractivity contribution in [2.24, 2.45) is 4.99 Å². The summed E-state index contributed by atoms with van der Waals surface area (Å²) in [5, 5.41) is 6.41. The minimum atomic E-state index is -2.90. The van der Waals surface area contributed by atoms with E-state index in [0.717, 1.165) is 5.76 Å². The predicted octanol–water partition coefficient (Wildman–Crippen LogP) is 0.852. The molecule has 9 heteroatoms. The Labute approximate surface area is 154 Å². The van der Waals surface area contributed by atoms with Crippen molar-refractivity contribution in [3.05, 3.63) is 24.2 Å². The van der Waals surface area contributed by atoms with Crippen LogP contribution >= 0.6 is 24.0 Å². The van der Waals surface area contributed by atoms with Crippen LogP contribution < -0.4 is 10.6 Å². The molecule has 1 fully saturated rings. The molecule has 1 aromatic heterocycles.